The third-order valence-corrected chi connectivity index (χ3v) is 14.5. The Labute approximate surface area is 389 Å². The third-order valence-electron chi connectivity index (χ3n) is 14.5. The summed E-state index contributed by atoms with van der Waals surface area (Å²) in [6.07, 6.45) is 0. The summed E-state index contributed by atoms with van der Waals surface area (Å²) in [7, 11) is 0. The molecule has 1 spiro atoms. The van der Waals surface area contributed by atoms with Crippen molar-refractivity contribution in [3.63, 3.8) is 0 Å². The SMILES string of the molecule is c1ccc(-c2cccc(-c3cc4c(oc5cccc(N(c6cccc(-c7ccccc7)c6)c6cccc7c6-c6ccccc6C76c7ccccc7-c7ccccc76)c54)c4ccccc34)c2)cc1. The summed E-state index contributed by atoms with van der Waals surface area (Å²) < 4.78 is 7.08. The van der Waals surface area contributed by atoms with Gasteiger partial charge in [0.15, 0.2) is 0 Å². The van der Waals surface area contributed by atoms with Crippen molar-refractivity contribution in [3.8, 4) is 55.6 Å². The van der Waals surface area contributed by atoms with Gasteiger partial charge in [0.2, 0.25) is 0 Å². The first-order valence-corrected chi connectivity index (χ1v) is 23.2. The lowest BCUT2D eigenvalue weighted by Crippen LogP contribution is -2.26. The quantitative estimate of drug-likeness (QED) is 0.166. The average molecular weight is 852 g/mol. The van der Waals surface area contributed by atoms with Crippen molar-refractivity contribution in [2.24, 2.45) is 0 Å². The molecule has 1 aromatic heterocycles. The van der Waals surface area contributed by atoms with Gasteiger partial charge in [-0.15, -0.1) is 0 Å². The maximum atomic E-state index is 7.08. The number of furan rings is 1. The van der Waals surface area contributed by atoms with E-state index in [2.05, 4.69) is 254 Å². The van der Waals surface area contributed by atoms with Crippen LogP contribution in [0.15, 0.2) is 253 Å². The number of hydrogen-bond donors (Lipinski definition) is 0. The number of nitrogens with zero attached hydrogens (tertiary/aromatic N) is 1. The zero-order valence-electron chi connectivity index (χ0n) is 36.5. The Kier molecular flexibility index (Phi) is 8.23. The molecule has 14 rings (SSSR count). The van der Waals surface area contributed by atoms with Gasteiger partial charge in [0, 0.05) is 22.0 Å². The van der Waals surface area contributed by atoms with Gasteiger partial charge in [0.25, 0.3) is 0 Å². The number of hydrogen-bond acceptors (Lipinski definition) is 2. The lowest BCUT2D eigenvalue weighted by Gasteiger charge is -2.32. The molecule has 312 valence electrons. The van der Waals surface area contributed by atoms with E-state index in [4.69, 9.17) is 4.42 Å². The summed E-state index contributed by atoms with van der Waals surface area (Å²) in [6.45, 7) is 0. The molecule has 0 atom stereocenters. The zero-order chi connectivity index (χ0) is 44.1. The highest BCUT2D eigenvalue weighted by Gasteiger charge is 2.52. The largest absolute Gasteiger partial charge is 0.455 e. The molecule has 2 nitrogen and oxygen atoms in total. The van der Waals surface area contributed by atoms with E-state index >= 15 is 0 Å². The molecule has 1 heterocycles. The maximum Gasteiger partial charge on any atom is 0.143 e. The molecule has 0 saturated carbocycles. The minimum atomic E-state index is -0.483. The standard InChI is InChI=1S/C65H41NO/c1-3-19-42(20-4-1)44-23-15-25-46(39-44)53-41-54-63-60(37-18-38-61(63)67-64(54)51-30-8-7-27-48(51)53)66(47-26-16-24-45(40-47)43-21-5-2-6-22-43)59-36-17-35-58-62(59)52-31-11-14-34-57(52)65(58)55-32-12-9-28-49(55)50-29-10-13-33-56(50)65/h1-41H. The molecule has 11 aromatic carbocycles. The molecule has 0 amide bonds. The van der Waals surface area contributed by atoms with E-state index in [-0.39, 0.29) is 0 Å². The first kappa shape index (κ1) is 37.6. The van der Waals surface area contributed by atoms with Crippen LogP contribution in [0.25, 0.3) is 88.3 Å². The van der Waals surface area contributed by atoms with Crippen LogP contribution in [0.2, 0.25) is 0 Å². The second-order valence-corrected chi connectivity index (χ2v) is 17.9. The number of benzene rings is 11. The first-order chi connectivity index (χ1) is 33.3. The molecule has 0 radical (unpaired) electrons. The smallest absolute Gasteiger partial charge is 0.143 e. The molecule has 0 unspecified atom stereocenters. The average Bonchev–Trinajstić information content (AvgIpc) is 4.04. The maximum absolute atomic E-state index is 7.08. The topological polar surface area (TPSA) is 16.4 Å². The predicted molar refractivity (Wildman–Crippen MR) is 279 cm³/mol. The lowest BCUT2D eigenvalue weighted by molar-refractivity contribution is 0.672. The van der Waals surface area contributed by atoms with Gasteiger partial charge in [0.05, 0.1) is 22.2 Å². The summed E-state index contributed by atoms with van der Waals surface area (Å²) in [5.74, 6) is 0. The molecule has 2 aliphatic rings. The molecular formula is C65H41NO. The van der Waals surface area contributed by atoms with Crippen LogP contribution in [0.1, 0.15) is 22.3 Å². The Morgan fingerprint density at radius 3 is 1.54 bits per heavy atom. The van der Waals surface area contributed by atoms with Gasteiger partial charge in [-0.1, -0.05) is 206 Å². The highest BCUT2D eigenvalue weighted by atomic mass is 16.3. The van der Waals surface area contributed by atoms with Crippen molar-refractivity contribution in [2.75, 3.05) is 4.90 Å². The van der Waals surface area contributed by atoms with Crippen molar-refractivity contribution < 1.29 is 4.42 Å². The summed E-state index contributed by atoms with van der Waals surface area (Å²) in [6, 6.07) is 91.2. The number of anilines is 3. The van der Waals surface area contributed by atoms with E-state index in [0.717, 1.165) is 55.3 Å². The van der Waals surface area contributed by atoms with E-state index < -0.39 is 5.41 Å². The molecular weight excluding hydrogens is 811 g/mol. The molecule has 67 heavy (non-hydrogen) atoms. The van der Waals surface area contributed by atoms with E-state index in [0.29, 0.717) is 0 Å². The van der Waals surface area contributed by atoms with Crippen LogP contribution in [0.3, 0.4) is 0 Å². The monoisotopic (exact) mass is 851 g/mol. The van der Waals surface area contributed by atoms with Crippen LogP contribution in [0.4, 0.5) is 17.1 Å². The number of fused-ring (bicyclic) bond motifs is 15. The van der Waals surface area contributed by atoms with Crippen molar-refractivity contribution in [1.29, 1.82) is 0 Å². The molecule has 0 fully saturated rings. The zero-order valence-corrected chi connectivity index (χ0v) is 36.5. The van der Waals surface area contributed by atoms with Gasteiger partial charge >= 0.3 is 0 Å². The van der Waals surface area contributed by atoms with Crippen LogP contribution in [-0.4, -0.2) is 0 Å². The fraction of sp³-hybridized carbons (Fsp3) is 0.0154. The normalized spacial score (nSPS) is 12.9. The van der Waals surface area contributed by atoms with Crippen molar-refractivity contribution in [3.05, 3.63) is 271 Å². The van der Waals surface area contributed by atoms with Crippen LogP contribution >= 0.6 is 0 Å². The van der Waals surface area contributed by atoms with Crippen LogP contribution in [0, 0.1) is 0 Å². The summed E-state index contributed by atoms with van der Waals surface area (Å²) in [5.41, 5.74) is 21.9. The fourth-order valence-corrected chi connectivity index (χ4v) is 11.7. The van der Waals surface area contributed by atoms with Gasteiger partial charge in [-0.3, -0.25) is 0 Å². The molecule has 2 heteroatoms. The summed E-state index contributed by atoms with van der Waals surface area (Å²) in [5, 5.41) is 4.41. The fourth-order valence-electron chi connectivity index (χ4n) is 11.7. The molecule has 0 saturated heterocycles. The van der Waals surface area contributed by atoms with Gasteiger partial charge in [-0.05, 0) is 120 Å². The lowest BCUT2D eigenvalue weighted by atomic mass is 9.70. The van der Waals surface area contributed by atoms with Crippen molar-refractivity contribution >= 4 is 49.8 Å². The van der Waals surface area contributed by atoms with Crippen LogP contribution in [0.5, 0.6) is 0 Å². The van der Waals surface area contributed by atoms with Gasteiger partial charge in [-0.25, -0.2) is 0 Å². The second-order valence-electron chi connectivity index (χ2n) is 17.9. The van der Waals surface area contributed by atoms with Gasteiger partial charge < -0.3 is 9.32 Å². The molecule has 0 bridgehead atoms. The molecule has 0 aliphatic heterocycles. The van der Waals surface area contributed by atoms with Crippen LogP contribution in [-0.2, 0) is 5.41 Å². The Morgan fingerprint density at radius 1 is 0.313 bits per heavy atom. The Balaban J connectivity index is 1.07. The molecule has 0 N–H and O–H groups in total. The Morgan fingerprint density at radius 2 is 0.821 bits per heavy atom. The third kappa shape index (κ3) is 5.45. The first-order valence-electron chi connectivity index (χ1n) is 23.2. The minimum Gasteiger partial charge on any atom is -0.455 e. The van der Waals surface area contributed by atoms with E-state index in [1.54, 1.807) is 0 Å². The predicted octanol–water partition coefficient (Wildman–Crippen LogP) is 17.6. The van der Waals surface area contributed by atoms with E-state index in [9.17, 15) is 0 Å². The highest BCUT2D eigenvalue weighted by Crippen LogP contribution is 2.65. The molecule has 12 aromatic rings. The van der Waals surface area contributed by atoms with Crippen molar-refractivity contribution in [2.45, 2.75) is 5.41 Å². The van der Waals surface area contributed by atoms with Gasteiger partial charge in [0.1, 0.15) is 11.2 Å². The Bertz CT molecular complexity index is 3890. The van der Waals surface area contributed by atoms with Crippen LogP contribution < -0.4 is 4.90 Å². The van der Waals surface area contributed by atoms with Gasteiger partial charge in [-0.2, -0.15) is 0 Å². The van der Waals surface area contributed by atoms with E-state index in [1.807, 2.05) is 0 Å². The summed E-state index contributed by atoms with van der Waals surface area (Å²) >= 11 is 0. The Hall–Kier alpha value is -8.72. The minimum absolute atomic E-state index is 0.483. The number of rotatable bonds is 6. The van der Waals surface area contributed by atoms with Crippen molar-refractivity contribution in [1.82, 2.24) is 0 Å². The molecule has 2 aliphatic carbocycles. The summed E-state index contributed by atoms with van der Waals surface area (Å²) in [4.78, 5) is 2.51. The van der Waals surface area contributed by atoms with E-state index in [1.165, 1.54) is 72.3 Å². The highest BCUT2D eigenvalue weighted by molar-refractivity contribution is 6.23. The second kappa shape index (κ2) is 14.7.